The summed E-state index contributed by atoms with van der Waals surface area (Å²) in [7, 11) is 0. The third-order valence-corrected chi connectivity index (χ3v) is 5.55. The maximum Gasteiger partial charge on any atom is 0.254 e. The summed E-state index contributed by atoms with van der Waals surface area (Å²) < 4.78 is 1.49. The first-order chi connectivity index (χ1) is 15.1. The summed E-state index contributed by atoms with van der Waals surface area (Å²) in [5.74, 6) is 0.464. The van der Waals surface area contributed by atoms with E-state index in [2.05, 4.69) is 15.6 Å². The summed E-state index contributed by atoms with van der Waals surface area (Å²) in [6.45, 7) is 1.24. The Balaban J connectivity index is 1.25. The normalized spacial score (nSPS) is 16.0. The van der Waals surface area contributed by atoms with Crippen molar-refractivity contribution in [3.8, 4) is 0 Å². The van der Waals surface area contributed by atoms with Gasteiger partial charge in [0, 0.05) is 30.9 Å². The lowest BCUT2D eigenvalue weighted by molar-refractivity contribution is -0.119. The lowest BCUT2D eigenvalue weighted by Gasteiger charge is -2.14. The Morgan fingerprint density at radius 1 is 1.13 bits per heavy atom. The Hall–Kier alpha value is -3.29. The number of nitrogens with one attached hydrogen (secondary N) is 2. The van der Waals surface area contributed by atoms with Crippen molar-refractivity contribution in [2.24, 2.45) is 0 Å². The monoisotopic (exact) mass is 418 g/mol. The maximum absolute atomic E-state index is 12.7. The number of hydrogen-bond donors (Lipinski definition) is 3. The predicted molar refractivity (Wildman–Crippen MR) is 119 cm³/mol. The van der Waals surface area contributed by atoms with Crippen LogP contribution in [0.5, 0.6) is 0 Å². The van der Waals surface area contributed by atoms with Crippen LogP contribution in [0, 0.1) is 0 Å². The minimum absolute atomic E-state index is 0.192. The van der Waals surface area contributed by atoms with E-state index in [1.165, 1.54) is 16.8 Å². The van der Waals surface area contributed by atoms with Gasteiger partial charge in [-0.3, -0.25) is 14.2 Å². The fourth-order valence-electron chi connectivity index (χ4n) is 3.86. The second-order valence-corrected chi connectivity index (χ2v) is 7.69. The van der Waals surface area contributed by atoms with Crippen molar-refractivity contribution >= 4 is 11.6 Å². The Bertz CT molecular complexity index is 1080. The number of carbonyl (C=O) groups is 1. The number of aliphatic hydroxyl groups is 1. The highest BCUT2D eigenvalue weighted by Crippen LogP contribution is 2.23. The molecule has 0 aliphatic carbocycles. The van der Waals surface area contributed by atoms with Crippen molar-refractivity contribution in [2.45, 2.75) is 31.4 Å². The summed E-state index contributed by atoms with van der Waals surface area (Å²) >= 11 is 0. The lowest BCUT2D eigenvalue weighted by atomic mass is 10.1. The molecule has 2 atom stereocenters. The van der Waals surface area contributed by atoms with Crippen LogP contribution in [0.15, 0.2) is 71.7 Å². The van der Waals surface area contributed by atoms with Crippen LogP contribution >= 0.6 is 0 Å². The number of aromatic nitrogens is 2. The summed E-state index contributed by atoms with van der Waals surface area (Å²) in [4.78, 5) is 29.0. The number of amides is 1. The van der Waals surface area contributed by atoms with E-state index in [9.17, 15) is 14.7 Å². The summed E-state index contributed by atoms with van der Waals surface area (Å²) in [5, 5.41) is 16.4. The van der Waals surface area contributed by atoms with Crippen molar-refractivity contribution in [3.05, 3.63) is 94.2 Å². The molecule has 4 rings (SSSR count). The zero-order valence-electron chi connectivity index (χ0n) is 17.2. The molecule has 1 aliphatic heterocycles. The van der Waals surface area contributed by atoms with Crippen LogP contribution in [-0.4, -0.2) is 33.7 Å². The van der Waals surface area contributed by atoms with E-state index >= 15 is 0 Å². The number of hydrogen-bond acceptors (Lipinski definition) is 5. The van der Waals surface area contributed by atoms with Gasteiger partial charge in [0.25, 0.3) is 5.56 Å². The molecule has 1 aromatic heterocycles. The van der Waals surface area contributed by atoms with Crippen LogP contribution in [0.25, 0.3) is 0 Å². The molecule has 31 heavy (non-hydrogen) atoms. The minimum atomic E-state index is -0.526. The first-order valence-electron chi connectivity index (χ1n) is 10.5. The summed E-state index contributed by atoms with van der Waals surface area (Å²) in [5.41, 5.74) is 2.54. The molecular weight excluding hydrogens is 392 g/mol. The molecule has 0 saturated heterocycles. The standard InChI is InChI=1S/C24H26N4O3/c29-21(18-4-2-1-3-5-18)16-25-14-12-17-6-8-19(9-7-17)27-24(31)20-10-11-22-26-15-13-23(30)28(20)22/h1-9,13,15,20-21,25,29H,10-12,14,16H2,(H,27,31). The topological polar surface area (TPSA) is 96.2 Å². The molecular formula is C24H26N4O3. The van der Waals surface area contributed by atoms with Crippen LogP contribution in [0.2, 0.25) is 0 Å². The molecule has 2 unspecified atom stereocenters. The first kappa shape index (κ1) is 21.0. The van der Waals surface area contributed by atoms with Gasteiger partial charge in [-0.05, 0) is 42.6 Å². The van der Waals surface area contributed by atoms with Gasteiger partial charge in [-0.2, -0.15) is 0 Å². The molecule has 160 valence electrons. The quantitative estimate of drug-likeness (QED) is 0.488. The second-order valence-electron chi connectivity index (χ2n) is 7.69. The smallest absolute Gasteiger partial charge is 0.254 e. The van der Waals surface area contributed by atoms with Gasteiger partial charge in [-0.25, -0.2) is 4.98 Å². The number of nitrogens with zero attached hydrogens (tertiary/aromatic N) is 2. The molecule has 7 nitrogen and oxygen atoms in total. The third-order valence-electron chi connectivity index (χ3n) is 5.55. The average Bonchev–Trinajstić information content (AvgIpc) is 3.24. The zero-order valence-corrected chi connectivity index (χ0v) is 17.2. The number of aryl methyl sites for hydroxylation is 1. The van der Waals surface area contributed by atoms with Gasteiger partial charge in [0.2, 0.25) is 5.91 Å². The fraction of sp³-hybridized carbons (Fsp3) is 0.292. The SMILES string of the molecule is O=C(Nc1ccc(CCNCC(O)c2ccccc2)cc1)C1CCc2nccc(=O)n21. The zero-order chi connectivity index (χ0) is 21.6. The highest BCUT2D eigenvalue weighted by Gasteiger charge is 2.29. The maximum atomic E-state index is 12.7. The van der Waals surface area contributed by atoms with Crippen LogP contribution in [0.3, 0.4) is 0 Å². The highest BCUT2D eigenvalue weighted by atomic mass is 16.3. The number of carbonyl (C=O) groups excluding carboxylic acids is 1. The lowest BCUT2D eigenvalue weighted by Crippen LogP contribution is -2.31. The van der Waals surface area contributed by atoms with Crippen molar-refractivity contribution in [1.29, 1.82) is 0 Å². The predicted octanol–water partition coefficient (Wildman–Crippen LogP) is 2.23. The molecule has 2 aromatic carbocycles. The minimum Gasteiger partial charge on any atom is -0.387 e. The largest absolute Gasteiger partial charge is 0.387 e. The van der Waals surface area contributed by atoms with Gasteiger partial charge < -0.3 is 15.7 Å². The van der Waals surface area contributed by atoms with Crippen LogP contribution < -0.4 is 16.2 Å². The Morgan fingerprint density at radius 3 is 2.68 bits per heavy atom. The first-order valence-corrected chi connectivity index (χ1v) is 10.5. The van der Waals surface area contributed by atoms with Crippen molar-refractivity contribution < 1.29 is 9.90 Å². The molecule has 3 N–H and O–H groups in total. The van der Waals surface area contributed by atoms with Gasteiger partial charge in [-0.15, -0.1) is 0 Å². The van der Waals surface area contributed by atoms with Crippen LogP contribution in [-0.2, 0) is 17.6 Å². The van der Waals surface area contributed by atoms with E-state index in [0.29, 0.717) is 30.9 Å². The number of benzene rings is 2. The van der Waals surface area contributed by atoms with Gasteiger partial charge in [-0.1, -0.05) is 42.5 Å². The molecule has 3 aromatic rings. The van der Waals surface area contributed by atoms with Gasteiger partial charge in [0.05, 0.1) is 6.10 Å². The molecule has 0 radical (unpaired) electrons. The molecule has 1 amide bonds. The second kappa shape index (κ2) is 9.68. The van der Waals surface area contributed by atoms with E-state index in [0.717, 1.165) is 24.1 Å². The fourth-order valence-corrected chi connectivity index (χ4v) is 3.86. The van der Waals surface area contributed by atoms with E-state index in [1.807, 2.05) is 54.6 Å². The number of anilines is 1. The van der Waals surface area contributed by atoms with Gasteiger partial charge in [0.15, 0.2) is 0 Å². The molecule has 0 fully saturated rings. The number of rotatable bonds is 8. The van der Waals surface area contributed by atoms with Crippen LogP contribution in [0.1, 0.15) is 35.5 Å². The molecule has 7 heteroatoms. The summed E-state index contributed by atoms with van der Waals surface area (Å²) in [6, 6.07) is 18.1. The Kier molecular flexibility index (Phi) is 6.54. The van der Waals surface area contributed by atoms with E-state index in [1.54, 1.807) is 0 Å². The van der Waals surface area contributed by atoms with E-state index < -0.39 is 12.1 Å². The molecule has 0 spiro atoms. The van der Waals surface area contributed by atoms with E-state index in [4.69, 9.17) is 0 Å². The number of aliphatic hydroxyl groups excluding tert-OH is 1. The van der Waals surface area contributed by atoms with E-state index in [-0.39, 0.29) is 11.5 Å². The molecule has 0 saturated carbocycles. The van der Waals surface area contributed by atoms with Crippen molar-refractivity contribution in [2.75, 3.05) is 18.4 Å². The van der Waals surface area contributed by atoms with Crippen LogP contribution in [0.4, 0.5) is 5.69 Å². The molecule has 2 heterocycles. The van der Waals surface area contributed by atoms with Crippen molar-refractivity contribution in [3.63, 3.8) is 0 Å². The number of fused-ring (bicyclic) bond motifs is 1. The summed E-state index contributed by atoms with van der Waals surface area (Å²) in [6.07, 6.45) is 2.98. The highest BCUT2D eigenvalue weighted by molar-refractivity contribution is 5.94. The Labute approximate surface area is 180 Å². The molecule has 0 bridgehead atoms. The van der Waals surface area contributed by atoms with Gasteiger partial charge in [0.1, 0.15) is 11.9 Å². The molecule has 1 aliphatic rings. The Morgan fingerprint density at radius 2 is 1.90 bits per heavy atom. The van der Waals surface area contributed by atoms with Gasteiger partial charge >= 0.3 is 0 Å². The van der Waals surface area contributed by atoms with Crippen molar-refractivity contribution in [1.82, 2.24) is 14.9 Å². The average molecular weight is 418 g/mol. The third kappa shape index (κ3) is 5.07.